The van der Waals surface area contributed by atoms with Gasteiger partial charge in [0.25, 0.3) is 0 Å². The van der Waals surface area contributed by atoms with Gasteiger partial charge in [-0.2, -0.15) is 0 Å². The molecule has 1 saturated heterocycles. The number of nitrogens with two attached hydrogens (primary N) is 1. The molecule has 1 fully saturated rings. The molecule has 6 heteroatoms. The van der Waals surface area contributed by atoms with Gasteiger partial charge in [-0.15, -0.1) is 12.4 Å². The minimum absolute atomic E-state index is 0. The highest BCUT2D eigenvalue weighted by Crippen LogP contribution is 2.11. The highest BCUT2D eigenvalue weighted by atomic mass is 35.5. The molecule has 3 N–H and O–H groups in total. The summed E-state index contributed by atoms with van der Waals surface area (Å²) in [6.45, 7) is 0.207. The summed E-state index contributed by atoms with van der Waals surface area (Å²) in [6, 6.07) is -0.352. The second-order valence-electron chi connectivity index (χ2n) is 2.78. The highest BCUT2D eigenvalue weighted by Gasteiger charge is 2.27. The average molecular weight is 199 g/mol. The van der Waals surface area contributed by atoms with E-state index in [0.29, 0.717) is 0 Å². The van der Waals surface area contributed by atoms with Crippen molar-refractivity contribution in [3.63, 3.8) is 0 Å². The highest BCUT2D eigenvalue weighted by molar-refractivity contribution is 5.85. The van der Waals surface area contributed by atoms with Gasteiger partial charge < -0.3 is 15.7 Å². The molecule has 0 aliphatic carbocycles. The molecule has 1 amide bonds. The molecule has 2 atom stereocenters. The lowest BCUT2D eigenvalue weighted by molar-refractivity contribution is 0.0991. The van der Waals surface area contributed by atoms with Crippen molar-refractivity contribution in [1.82, 2.24) is 4.90 Å². The number of nitrogens with zero attached hydrogens (tertiary/aromatic N) is 1. The van der Waals surface area contributed by atoms with Gasteiger partial charge in [-0.05, 0) is 6.42 Å². The van der Waals surface area contributed by atoms with Gasteiger partial charge in [0.05, 0.1) is 6.54 Å². The van der Waals surface area contributed by atoms with Crippen molar-refractivity contribution in [3.8, 4) is 0 Å². The van der Waals surface area contributed by atoms with Crippen molar-refractivity contribution < 1.29 is 14.3 Å². The molecule has 4 nitrogen and oxygen atoms in total. The Morgan fingerprint density at radius 1 is 1.58 bits per heavy atom. The Kier molecular flexibility index (Phi) is 4.26. The molecule has 0 saturated carbocycles. The number of halogens is 2. The molecule has 12 heavy (non-hydrogen) atoms. The molecule has 1 heterocycles. The second-order valence-corrected chi connectivity index (χ2v) is 2.78. The van der Waals surface area contributed by atoms with E-state index in [1.807, 2.05) is 0 Å². The third kappa shape index (κ3) is 2.83. The number of alkyl halides is 1. The topological polar surface area (TPSA) is 66.6 Å². The minimum Gasteiger partial charge on any atom is -0.465 e. The zero-order valence-electron chi connectivity index (χ0n) is 6.44. The number of piperidine rings is 1. The Morgan fingerprint density at radius 2 is 2.17 bits per heavy atom. The molecule has 1 aliphatic heterocycles. The lowest BCUT2D eigenvalue weighted by atomic mass is 10.1. The first kappa shape index (κ1) is 11.4. The number of amides is 1. The van der Waals surface area contributed by atoms with Gasteiger partial charge in [-0.25, -0.2) is 9.18 Å². The van der Waals surface area contributed by atoms with Gasteiger partial charge in [0.1, 0.15) is 6.17 Å². The zero-order chi connectivity index (χ0) is 8.43. The average Bonchev–Trinajstić information content (AvgIpc) is 1.85. The largest absolute Gasteiger partial charge is 0.465 e. The Hall–Kier alpha value is -0.550. The summed E-state index contributed by atoms with van der Waals surface area (Å²) in [4.78, 5) is 11.4. The normalized spacial score (nSPS) is 29.3. The van der Waals surface area contributed by atoms with Gasteiger partial charge in [0, 0.05) is 12.6 Å². The van der Waals surface area contributed by atoms with Crippen LogP contribution >= 0.6 is 12.4 Å². The molecular weight excluding hydrogens is 187 g/mol. The van der Waals surface area contributed by atoms with Crippen LogP contribution in [0.15, 0.2) is 0 Å². The van der Waals surface area contributed by atoms with Gasteiger partial charge in [-0.3, -0.25) is 0 Å². The van der Waals surface area contributed by atoms with E-state index in [1.165, 1.54) is 0 Å². The van der Waals surface area contributed by atoms with E-state index in [2.05, 4.69) is 0 Å². The van der Waals surface area contributed by atoms with Crippen LogP contribution in [0.25, 0.3) is 0 Å². The van der Waals surface area contributed by atoms with Crippen molar-refractivity contribution in [1.29, 1.82) is 0 Å². The summed E-state index contributed by atoms with van der Waals surface area (Å²) in [5, 5.41) is 8.48. The summed E-state index contributed by atoms with van der Waals surface area (Å²) in [5.74, 6) is 0. The van der Waals surface area contributed by atoms with Gasteiger partial charge in [0.15, 0.2) is 0 Å². The molecule has 0 bridgehead atoms. The Balaban J connectivity index is 0.00000121. The van der Waals surface area contributed by atoms with Gasteiger partial charge >= 0.3 is 6.09 Å². The summed E-state index contributed by atoms with van der Waals surface area (Å²) < 4.78 is 12.7. The predicted molar refractivity (Wildman–Crippen MR) is 44.3 cm³/mol. The second kappa shape index (κ2) is 4.47. The number of carbonyl (C=O) groups is 1. The molecule has 1 rings (SSSR count). The van der Waals surface area contributed by atoms with Crippen LogP contribution in [0.3, 0.4) is 0 Å². The predicted octanol–water partition coefficient (Wildman–Crippen LogP) is 0.457. The van der Waals surface area contributed by atoms with Gasteiger partial charge in [-0.1, -0.05) is 0 Å². The summed E-state index contributed by atoms with van der Waals surface area (Å²) in [5.41, 5.74) is 5.41. The Bertz CT molecular complexity index is 160. The van der Waals surface area contributed by atoms with E-state index in [0.717, 1.165) is 4.90 Å². The summed E-state index contributed by atoms with van der Waals surface area (Å²) in [6.07, 6.45) is -1.93. The maximum atomic E-state index is 12.7. The smallest absolute Gasteiger partial charge is 0.407 e. The van der Waals surface area contributed by atoms with Crippen molar-refractivity contribution >= 4 is 18.5 Å². The zero-order valence-corrected chi connectivity index (χ0v) is 7.26. The van der Waals surface area contributed by atoms with E-state index >= 15 is 0 Å². The standard InChI is InChI=1S/C6H11FN2O2.ClH/c7-4-1-5(8)3-9(2-4)6(10)11;/h4-5H,1-3,8H2,(H,10,11);1H. The fourth-order valence-electron chi connectivity index (χ4n) is 1.23. The number of carboxylic acid groups (broad SMARTS) is 1. The van der Waals surface area contributed by atoms with Crippen LogP contribution < -0.4 is 5.73 Å². The van der Waals surface area contributed by atoms with Crippen molar-refractivity contribution in [3.05, 3.63) is 0 Å². The first-order valence-electron chi connectivity index (χ1n) is 3.47. The Morgan fingerprint density at radius 3 is 2.58 bits per heavy atom. The fraction of sp³-hybridized carbons (Fsp3) is 0.833. The number of likely N-dealkylation sites (tertiary alicyclic amines) is 1. The van der Waals surface area contributed by atoms with Crippen molar-refractivity contribution in [2.24, 2.45) is 5.73 Å². The molecule has 2 unspecified atom stereocenters. The summed E-state index contributed by atoms with van der Waals surface area (Å²) in [7, 11) is 0. The van der Waals surface area contributed by atoms with Gasteiger partial charge in [0.2, 0.25) is 0 Å². The Labute approximate surface area is 75.9 Å². The van der Waals surface area contributed by atoms with E-state index in [4.69, 9.17) is 10.8 Å². The van der Waals surface area contributed by atoms with E-state index in [9.17, 15) is 9.18 Å². The minimum atomic E-state index is -1.10. The first-order chi connectivity index (χ1) is 5.09. The molecule has 0 radical (unpaired) electrons. The maximum absolute atomic E-state index is 12.7. The third-order valence-electron chi connectivity index (χ3n) is 1.70. The molecule has 0 aromatic heterocycles. The van der Waals surface area contributed by atoms with Crippen LogP contribution in [0.1, 0.15) is 6.42 Å². The van der Waals surface area contributed by atoms with E-state index < -0.39 is 12.3 Å². The van der Waals surface area contributed by atoms with Crippen LogP contribution in [0.4, 0.5) is 9.18 Å². The number of rotatable bonds is 0. The van der Waals surface area contributed by atoms with Crippen LogP contribution in [0, 0.1) is 0 Å². The molecular formula is C6H12ClFN2O2. The quantitative estimate of drug-likeness (QED) is 0.594. The fourth-order valence-corrected chi connectivity index (χ4v) is 1.23. The lowest BCUT2D eigenvalue weighted by Gasteiger charge is -2.30. The van der Waals surface area contributed by atoms with Crippen LogP contribution in [0.5, 0.6) is 0 Å². The van der Waals surface area contributed by atoms with Crippen LogP contribution in [0.2, 0.25) is 0 Å². The maximum Gasteiger partial charge on any atom is 0.407 e. The van der Waals surface area contributed by atoms with Crippen molar-refractivity contribution in [2.45, 2.75) is 18.6 Å². The lowest BCUT2D eigenvalue weighted by Crippen LogP contribution is -2.49. The molecule has 0 aromatic carbocycles. The SMILES string of the molecule is Cl.NC1CC(F)CN(C(=O)O)C1. The number of hydrogen-bond acceptors (Lipinski definition) is 2. The van der Waals surface area contributed by atoms with E-state index in [1.54, 1.807) is 0 Å². The molecule has 72 valence electrons. The third-order valence-corrected chi connectivity index (χ3v) is 1.70. The van der Waals surface area contributed by atoms with Crippen LogP contribution in [-0.4, -0.2) is 41.4 Å². The molecule has 1 aliphatic rings. The number of hydrogen-bond donors (Lipinski definition) is 2. The summed E-state index contributed by atoms with van der Waals surface area (Å²) >= 11 is 0. The molecule has 0 aromatic rings. The monoisotopic (exact) mass is 198 g/mol. The van der Waals surface area contributed by atoms with E-state index in [-0.39, 0.29) is 38.0 Å². The first-order valence-corrected chi connectivity index (χ1v) is 3.47. The van der Waals surface area contributed by atoms with Crippen LogP contribution in [-0.2, 0) is 0 Å². The van der Waals surface area contributed by atoms with Crippen molar-refractivity contribution in [2.75, 3.05) is 13.1 Å². The molecule has 0 spiro atoms.